The largest absolute Gasteiger partial charge is 0.391 e. The third kappa shape index (κ3) is 2.56. The van der Waals surface area contributed by atoms with Crippen LogP contribution < -0.4 is 4.90 Å². The predicted molar refractivity (Wildman–Crippen MR) is 81.8 cm³/mol. The maximum absolute atomic E-state index is 12.9. The van der Waals surface area contributed by atoms with Crippen molar-refractivity contribution in [3.05, 3.63) is 36.5 Å². The zero-order chi connectivity index (χ0) is 16.7. The van der Waals surface area contributed by atoms with E-state index in [0.29, 0.717) is 42.5 Å². The summed E-state index contributed by atoms with van der Waals surface area (Å²) in [7, 11) is 0. The summed E-state index contributed by atoms with van der Waals surface area (Å²) in [6.45, 7) is 1.23. The zero-order valence-corrected chi connectivity index (χ0v) is 12.5. The Morgan fingerprint density at radius 3 is 2.83 bits per heavy atom. The summed E-state index contributed by atoms with van der Waals surface area (Å²) in [5.41, 5.74) is 0.622. The Morgan fingerprint density at radius 1 is 1.21 bits per heavy atom. The van der Waals surface area contributed by atoms with Crippen LogP contribution in [0.15, 0.2) is 30.9 Å². The molecule has 1 fully saturated rings. The van der Waals surface area contributed by atoms with E-state index in [-0.39, 0.29) is 11.8 Å². The van der Waals surface area contributed by atoms with Crippen molar-refractivity contribution in [2.75, 3.05) is 18.0 Å². The van der Waals surface area contributed by atoms with Crippen molar-refractivity contribution >= 4 is 11.5 Å². The highest BCUT2D eigenvalue weighted by molar-refractivity contribution is 5.58. The predicted octanol–water partition coefficient (Wildman–Crippen LogP) is 1.69. The van der Waals surface area contributed by atoms with Crippen molar-refractivity contribution in [3.8, 4) is 11.5 Å². The van der Waals surface area contributed by atoms with Crippen LogP contribution in [0.4, 0.5) is 14.6 Å². The number of nitrogens with zero attached hydrogens (tertiary/aromatic N) is 6. The second-order valence-corrected chi connectivity index (χ2v) is 5.61. The zero-order valence-electron chi connectivity index (χ0n) is 12.5. The topological polar surface area (TPSA) is 79.4 Å². The first-order chi connectivity index (χ1) is 11.6. The van der Waals surface area contributed by atoms with Gasteiger partial charge in [-0.3, -0.25) is 4.40 Å². The van der Waals surface area contributed by atoms with E-state index in [4.69, 9.17) is 0 Å². The highest BCUT2D eigenvalue weighted by Gasteiger charge is 2.22. The first kappa shape index (κ1) is 14.9. The van der Waals surface area contributed by atoms with Crippen LogP contribution in [0.5, 0.6) is 0 Å². The Balaban J connectivity index is 1.76. The molecule has 24 heavy (non-hydrogen) atoms. The van der Waals surface area contributed by atoms with Gasteiger partial charge in [-0.15, -0.1) is 0 Å². The number of rotatable bonds is 3. The van der Waals surface area contributed by atoms with Gasteiger partial charge in [0.1, 0.15) is 17.2 Å². The van der Waals surface area contributed by atoms with Gasteiger partial charge in [0, 0.05) is 25.5 Å². The van der Waals surface area contributed by atoms with Gasteiger partial charge in [-0.05, 0) is 12.5 Å². The molecule has 1 saturated heterocycles. The molecule has 3 aromatic heterocycles. The van der Waals surface area contributed by atoms with Gasteiger partial charge in [-0.1, -0.05) is 0 Å². The van der Waals surface area contributed by atoms with Crippen molar-refractivity contribution in [1.29, 1.82) is 0 Å². The average Bonchev–Trinajstić information content (AvgIpc) is 3.20. The van der Waals surface area contributed by atoms with Crippen molar-refractivity contribution in [2.24, 2.45) is 0 Å². The number of β-amino-alcohol motifs (C(OH)–C–C–N with tert-alkyl or cyclic N) is 1. The lowest BCUT2D eigenvalue weighted by atomic mass is 10.3. The minimum atomic E-state index is -2.66. The minimum Gasteiger partial charge on any atom is -0.391 e. The fraction of sp³-hybridized carbons (Fsp3) is 0.333. The molecule has 1 unspecified atom stereocenters. The SMILES string of the molecule is OC1CCN(c2ccnc(-c3cnc4cnc(C(F)F)cn34)n2)C1. The standard InChI is InChI=1S/C15H14F2N6O/c16-14(17)10-8-23-11(5-20-13(23)6-19-10)15-18-3-1-12(21-15)22-4-2-9(24)7-22/h1,3,5-6,8-9,14,24H,2,4,7H2. The lowest BCUT2D eigenvalue weighted by molar-refractivity contribution is 0.145. The second-order valence-electron chi connectivity index (χ2n) is 5.61. The van der Waals surface area contributed by atoms with E-state index in [9.17, 15) is 13.9 Å². The molecule has 0 aromatic carbocycles. The molecule has 1 aliphatic rings. The number of hydrogen-bond donors (Lipinski definition) is 1. The summed E-state index contributed by atoms with van der Waals surface area (Å²) in [6, 6.07) is 1.76. The maximum Gasteiger partial charge on any atom is 0.281 e. The van der Waals surface area contributed by atoms with Gasteiger partial charge in [0.2, 0.25) is 0 Å². The lowest BCUT2D eigenvalue weighted by Crippen LogP contribution is -2.22. The molecule has 1 N–H and O–H groups in total. The van der Waals surface area contributed by atoms with Gasteiger partial charge in [-0.2, -0.15) is 0 Å². The lowest BCUT2D eigenvalue weighted by Gasteiger charge is -2.16. The summed E-state index contributed by atoms with van der Waals surface area (Å²) < 4.78 is 27.3. The highest BCUT2D eigenvalue weighted by atomic mass is 19.3. The molecular weight excluding hydrogens is 318 g/mol. The van der Waals surface area contributed by atoms with Gasteiger partial charge in [0.05, 0.1) is 18.5 Å². The number of fused-ring (bicyclic) bond motifs is 1. The molecular formula is C15H14F2N6O. The Hall–Kier alpha value is -2.68. The number of aliphatic hydroxyl groups is 1. The number of anilines is 1. The molecule has 1 aliphatic heterocycles. The molecule has 0 saturated carbocycles. The molecule has 4 heterocycles. The van der Waals surface area contributed by atoms with Crippen LogP contribution in [0.25, 0.3) is 17.2 Å². The Morgan fingerprint density at radius 2 is 2.08 bits per heavy atom. The number of hydrogen-bond acceptors (Lipinski definition) is 6. The maximum atomic E-state index is 12.9. The Labute approximate surface area is 135 Å². The highest BCUT2D eigenvalue weighted by Crippen LogP contribution is 2.24. The van der Waals surface area contributed by atoms with E-state index < -0.39 is 6.43 Å². The molecule has 0 aliphatic carbocycles. The third-order valence-electron chi connectivity index (χ3n) is 4.00. The summed E-state index contributed by atoms with van der Waals surface area (Å²) in [5, 5.41) is 9.66. The van der Waals surface area contributed by atoms with Crippen LogP contribution in [-0.2, 0) is 0 Å². The smallest absolute Gasteiger partial charge is 0.281 e. The fourth-order valence-electron chi connectivity index (χ4n) is 2.78. The third-order valence-corrected chi connectivity index (χ3v) is 4.00. The number of alkyl halides is 2. The summed E-state index contributed by atoms with van der Waals surface area (Å²) in [5.74, 6) is 1.07. The summed E-state index contributed by atoms with van der Waals surface area (Å²) >= 11 is 0. The minimum absolute atomic E-state index is 0.333. The van der Waals surface area contributed by atoms with E-state index in [1.165, 1.54) is 23.0 Å². The molecule has 0 bridgehead atoms. The molecule has 124 valence electrons. The van der Waals surface area contributed by atoms with E-state index in [2.05, 4.69) is 19.9 Å². The molecule has 7 nitrogen and oxygen atoms in total. The number of imidazole rings is 1. The van der Waals surface area contributed by atoms with Gasteiger partial charge in [-0.25, -0.2) is 28.7 Å². The second kappa shape index (κ2) is 5.75. The molecule has 0 spiro atoms. The molecule has 4 rings (SSSR count). The van der Waals surface area contributed by atoms with Gasteiger partial charge >= 0.3 is 0 Å². The average molecular weight is 332 g/mol. The van der Waals surface area contributed by atoms with Crippen LogP contribution >= 0.6 is 0 Å². The normalized spacial score (nSPS) is 18.0. The molecule has 0 radical (unpaired) electrons. The van der Waals surface area contributed by atoms with Gasteiger partial charge in [0.25, 0.3) is 6.43 Å². The fourth-order valence-corrected chi connectivity index (χ4v) is 2.78. The van der Waals surface area contributed by atoms with Crippen LogP contribution in [0, 0.1) is 0 Å². The van der Waals surface area contributed by atoms with Crippen molar-refractivity contribution in [1.82, 2.24) is 24.3 Å². The number of aliphatic hydroxyl groups excluding tert-OH is 1. The van der Waals surface area contributed by atoms with E-state index in [1.807, 2.05) is 4.90 Å². The molecule has 9 heteroatoms. The number of halogens is 2. The Bertz CT molecular complexity index is 883. The summed E-state index contributed by atoms with van der Waals surface area (Å²) in [4.78, 5) is 18.5. The van der Waals surface area contributed by atoms with Gasteiger partial charge < -0.3 is 10.0 Å². The van der Waals surface area contributed by atoms with E-state index >= 15 is 0 Å². The van der Waals surface area contributed by atoms with Gasteiger partial charge in [0.15, 0.2) is 11.5 Å². The monoisotopic (exact) mass is 332 g/mol. The quantitative estimate of drug-likeness (QED) is 0.786. The Kier molecular flexibility index (Phi) is 3.57. The molecule has 1 atom stereocenters. The molecule has 0 amide bonds. The summed E-state index contributed by atoms with van der Waals surface area (Å²) in [6.07, 6.45) is 3.35. The van der Waals surface area contributed by atoms with Crippen LogP contribution in [0.2, 0.25) is 0 Å². The first-order valence-electron chi connectivity index (χ1n) is 7.49. The van der Waals surface area contributed by atoms with Crippen molar-refractivity contribution in [3.63, 3.8) is 0 Å². The van der Waals surface area contributed by atoms with E-state index in [1.54, 1.807) is 12.3 Å². The van der Waals surface area contributed by atoms with Crippen LogP contribution in [0.1, 0.15) is 18.5 Å². The molecule has 3 aromatic rings. The first-order valence-corrected chi connectivity index (χ1v) is 7.49. The van der Waals surface area contributed by atoms with Crippen molar-refractivity contribution in [2.45, 2.75) is 19.0 Å². The van der Waals surface area contributed by atoms with Crippen LogP contribution in [-0.4, -0.2) is 48.6 Å². The van der Waals surface area contributed by atoms with Crippen LogP contribution in [0.3, 0.4) is 0 Å². The van der Waals surface area contributed by atoms with Crippen molar-refractivity contribution < 1.29 is 13.9 Å². The van der Waals surface area contributed by atoms with E-state index in [0.717, 1.165) is 0 Å². The number of aromatic nitrogens is 5.